The summed E-state index contributed by atoms with van der Waals surface area (Å²) < 4.78 is 14.6. The van der Waals surface area contributed by atoms with E-state index in [-0.39, 0.29) is 11.7 Å². The summed E-state index contributed by atoms with van der Waals surface area (Å²) in [5, 5.41) is 0. The lowest BCUT2D eigenvalue weighted by atomic mass is 9.95. The summed E-state index contributed by atoms with van der Waals surface area (Å²) in [6.07, 6.45) is 0.805. The zero-order valence-corrected chi connectivity index (χ0v) is 10.1. The first kappa shape index (κ1) is 11.7. The molecule has 0 radical (unpaired) electrons. The van der Waals surface area contributed by atoms with Gasteiger partial charge in [0.2, 0.25) is 0 Å². The van der Waals surface area contributed by atoms with Crippen molar-refractivity contribution in [2.45, 2.75) is 26.2 Å². The van der Waals surface area contributed by atoms with E-state index < -0.39 is 0 Å². The Labute approximate surface area is 92.6 Å². The summed E-state index contributed by atoms with van der Waals surface area (Å²) in [7, 11) is 0. The second-order valence-corrected chi connectivity index (χ2v) is 4.42. The largest absolute Gasteiger partial charge is 0.330 e. The number of nitrogens with two attached hydrogens (primary N) is 1. The molecule has 0 amide bonds. The third-order valence-corrected chi connectivity index (χ3v) is 3.10. The van der Waals surface area contributed by atoms with Crippen LogP contribution in [0.15, 0.2) is 16.6 Å². The predicted molar refractivity (Wildman–Crippen MR) is 60.9 cm³/mol. The average Bonchev–Trinajstić information content (AvgIpc) is 2.13. The third-order valence-electron chi connectivity index (χ3n) is 2.41. The van der Waals surface area contributed by atoms with Gasteiger partial charge in [-0.1, -0.05) is 28.9 Å². The van der Waals surface area contributed by atoms with Gasteiger partial charge in [-0.05, 0) is 37.4 Å². The van der Waals surface area contributed by atoms with Crippen molar-refractivity contribution in [2.75, 3.05) is 6.54 Å². The highest BCUT2D eigenvalue weighted by molar-refractivity contribution is 9.10. The summed E-state index contributed by atoms with van der Waals surface area (Å²) in [6.45, 7) is 4.36. The second kappa shape index (κ2) is 4.89. The third kappa shape index (κ3) is 2.34. The molecule has 0 aromatic heterocycles. The molecule has 0 saturated carbocycles. The number of benzene rings is 1. The van der Waals surface area contributed by atoms with Crippen LogP contribution >= 0.6 is 15.9 Å². The van der Waals surface area contributed by atoms with Gasteiger partial charge in [0, 0.05) is 10.0 Å². The van der Waals surface area contributed by atoms with Crippen LogP contribution in [-0.4, -0.2) is 6.54 Å². The molecule has 78 valence electrons. The van der Waals surface area contributed by atoms with E-state index in [0.29, 0.717) is 12.1 Å². The van der Waals surface area contributed by atoms with Crippen LogP contribution in [0.3, 0.4) is 0 Å². The molecule has 3 heteroatoms. The van der Waals surface area contributed by atoms with E-state index >= 15 is 0 Å². The lowest BCUT2D eigenvalue weighted by Crippen LogP contribution is -2.07. The predicted octanol–water partition coefficient (Wildman–Crippen LogP) is 3.35. The molecule has 2 N–H and O–H groups in total. The van der Waals surface area contributed by atoms with Gasteiger partial charge in [0.1, 0.15) is 5.82 Å². The molecule has 1 aromatic carbocycles. The molecule has 0 heterocycles. The van der Waals surface area contributed by atoms with E-state index in [1.807, 2.05) is 13.0 Å². The van der Waals surface area contributed by atoms with Gasteiger partial charge >= 0.3 is 0 Å². The normalized spacial score (nSPS) is 12.9. The average molecular weight is 260 g/mol. The van der Waals surface area contributed by atoms with Crippen molar-refractivity contribution >= 4 is 15.9 Å². The SMILES string of the molecule is Cc1ccc(Br)c(C(C)CCN)c1F. The fraction of sp³-hybridized carbons (Fsp3) is 0.455. The highest BCUT2D eigenvalue weighted by Crippen LogP contribution is 2.30. The molecule has 0 aliphatic heterocycles. The molecule has 1 aromatic rings. The Balaban J connectivity index is 3.11. The highest BCUT2D eigenvalue weighted by atomic mass is 79.9. The zero-order valence-electron chi connectivity index (χ0n) is 8.48. The highest BCUT2D eigenvalue weighted by Gasteiger charge is 2.15. The first-order valence-electron chi connectivity index (χ1n) is 4.72. The maximum Gasteiger partial charge on any atom is 0.130 e. The molecule has 0 bridgehead atoms. The Morgan fingerprint density at radius 1 is 1.50 bits per heavy atom. The second-order valence-electron chi connectivity index (χ2n) is 3.57. The minimum absolute atomic E-state index is 0.111. The summed E-state index contributed by atoms with van der Waals surface area (Å²) >= 11 is 3.37. The number of aryl methyl sites for hydroxylation is 1. The molecule has 1 rings (SSSR count). The molecule has 1 unspecified atom stereocenters. The fourth-order valence-corrected chi connectivity index (χ4v) is 2.22. The minimum atomic E-state index is -0.111. The summed E-state index contributed by atoms with van der Waals surface area (Å²) in [6, 6.07) is 3.67. The molecule has 1 atom stereocenters. The van der Waals surface area contributed by atoms with Gasteiger partial charge in [0.25, 0.3) is 0 Å². The molecule has 0 aliphatic carbocycles. The first-order valence-corrected chi connectivity index (χ1v) is 5.51. The Morgan fingerprint density at radius 2 is 2.14 bits per heavy atom. The smallest absolute Gasteiger partial charge is 0.130 e. The first-order chi connectivity index (χ1) is 6.57. The van der Waals surface area contributed by atoms with Crippen LogP contribution in [-0.2, 0) is 0 Å². The van der Waals surface area contributed by atoms with Gasteiger partial charge in [-0.2, -0.15) is 0 Å². The maximum absolute atomic E-state index is 13.8. The zero-order chi connectivity index (χ0) is 10.7. The van der Waals surface area contributed by atoms with Crippen molar-refractivity contribution < 1.29 is 4.39 Å². The number of hydrogen-bond acceptors (Lipinski definition) is 1. The van der Waals surface area contributed by atoms with Gasteiger partial charge in [-0.25, -0.2) is 4.39 Å². The fourth-order valence-electron chi connectivity index (χ4n) is 1.52. The van der Waals surface area contributed by atoms with Crippen LogP contribution in [0.1, 0.15) is 30.4 Å². The van der Waals surface area contributed by atoms with E-state index in [1.165, 1.54) is 0 Å². The van der Waals surface area contributed by atoms with Gasteiger partial charge < -0.3 is 5.73 Å². The van der Waals surface area contributed by atoms with Crippen LogP contribution in [0.25, 0.3) is 0 Å². The van der Waals surface area contributed by atoms with E-state index in [0.717, 1.165) is 16.5 Å². The lowest BCUT2D eigenvalue weighted by molar-refractivity contribution is 0.568. The van der Waals surface area contributed by atoms with Crippen molar-refractivity contribution in [3.8, 4) is 0 Å². The topological polar surface area (TPSA) is 26.0 Å². The van der Waals surface area contributed by atoms with Crippen LogP contribution in [0.2, 0.25) is 0 Å². The number of rotatable bonds is 3. The summed E-state index contributed by atoms with van der Waals surface area (Å²) in [4.78, 5) is 0. The van der Waals surface area contributed by atoms with Crippen molar-refractivity contribution in [1.82, 2.24) is 0 Å². The van der Waals surface area contributed by atoms with Crippen LogP contribution in [0.5, 0.6) is 0 Å². The Morgan fingerprint density at radius 3 is 2.71 bits per heavy atom. The van der Waals surface area contributed by atoms with E-state index in [2.05, 4.69) is 15.9 Å². The number of hydrogen-bond donors (Lipinski definition) is 1. The Kier molecular flexibility index (Phi) is 4.08. The minimum Gasteiger partial charge on any atom is -0.330 e. The molecule has 0 saturated heterocycles. The monoisotopic (exact) mass is 259 g/mol. The Hall–Kier alpha value is -0.410. The lowest BCUT2D eigenvalue weighted by Gasteiger charge is -2.15. The van der Waals surface area contributed by atoms with Gasteiger partial charge in [0.15, 0.2) is 0 Å². The summed E-state index contributed by atoms with van der Waals surface area (Å²) in [5.74, 6) is 0.0506. The molecular weight excluding hydrogens is 245 g/mol. The van der Waals surface area contributed by atoms with Crippen LogP contribution in [0.4, 0.5) is 4.39 Å². The molecular formula is C11H15BrFN. The quantitative estimate of drug-likeness (QED) is 0.886. The standard InChI is InChI=1S/C11H15BrFN/c1-7(5-6-14)10-9(12)4-3-8(2)11(10)13/h3-4,7H,5-6,14H2,1-2H3. The van der Waals surface area contributed by atoms with Crippen molar-refractivity contribution in [2.24, 2.45) is 5.73 Å². The van der Waals surface area contributed by atoms with Crippen LogP contribution in [0, 0.1) is 12.7 Å². The van der Waals surface area contributed by atoms with Crippen LogP contribution < -0.4 is 5.73 Å². The molecule has 0 fully saturated rings. The van der Waals surface area contributed by atoms with E-state index in [9.17, 15) is 4.39 Å². The van der Waals surface area contributed by atoms with Crippen molar-refractivity contribution in [3.05, 3.63) is 33.5 Å². The number of halogens is 2. The van der Waals surface area contributed by atoms with E-state index in [1.54, 1.807) is 13.0 Å². The van der Waals surface area contributed by atoms with E-state index in [4.69, 9.17) is 5.73 Å². The van der Waals surface area contributed by atoms with Gasteiger partial charge in [-0.3, -0.25) is 0 Å². The van der Waals surface area contributed by atoms with Gasteiger partial charge in [0.05, 0.1) is 0 Å². The molecule has 0 spiro atoms. The Bertz CT molecular complexity index is 325. The van der Waals surface area contributed by atoms with Crippen molar-refractivity contribution in [3.63, 3.8) is 0 Å². The van der Waals surface area contributed by atoms with Gasteiger partial charge in [-0.15, -0.1) is 0 Å². The molecule has 1 nitrogen and oxygen atoms in total. The summed E-state index contributed by atoms with van der Waals surface area (Å²) in [5.41, 5.74) is 6.90. The molecule has 0 aliphatic rings. The maximum atomic E-state index is 13.8. The molecule has 14 heavy (non-hydrogen) atoms. The van der Waals surface area contributed by atoms with Crippen molar-refractivity contribution in [1.29, 1.82) is 0 Å².